The zero-order chi connectivity index (χ0) is 11.4. The Bertz CT molecular complexity index is 325. The van der Waals surface area contributed by atoms with Gasteiger partial charge in [0.1, 0.15) is 5.82 Å². The van der Waals surface area contributed by atoms with E-state index in [0.717, 1.165) is 23.1 Å². The van der Waals surface area contributed by atoms with Crippen LogP contribution in [0.1, 0.15) is 19.4 Å². The van der Waals surface area contributed by atoms with Crippen LogP contribution >= 0.6 is 15.9 Å². The Hall–Kier alpha value is -0.410. The summed E-state index contributed by atoms with van der Waals surface area (Å²) in [4.78, 5) is 2.24. The quantitative estimate of drug-likeness (QED) is 0.809. The van der Waals surface area contributed by atoms with Gasteiger partial charge >= 0.3 is 0 Å². The van der Waals surface area contributed by atoms with Crippen molar-refractivity contribution in [2.45, 2.75) is 20.4 Å². The molecule has 0 aliphatic carbocycles. The SMILES string of the molecule is CC(C)CN(C)Cc1ccc(F)cc1Br. The Balaban J connectivity index is 2.64. The van der Waals surface area contributed by atoms with Crippen molar-refractivity contribution in [3.63, 3.8) is 0 Å². The van der Waals surface area contributed by atoms with Crippen LogP contribution in [0.2, 0.25) is 0 Å². The van der Waals surface area contributed by atoms with Crippen molar-refractivity contribution in [2.24, 2.45) is 5.92 Å². The van der Waals surface area contributed by atoms with Crippen molar-refractivity contribution in [1.29, 1.82) is 0 Å². The molecule has 84 valence electrons. The molecule has 15 heavy (non-hydrogen) atoms. The summed E-state index contributed by atoms with van der Waals surface area (Å²) >= 11 is 3.38. The standard InChI is InChI=1S/C12H17BrFN/c1-9(2)7-15(3)8-10-4-5-11(14)6-12(10)13/h4-6,9H,7-8H2,1-3H3. The molecule has 0 spiro atoms. The lowest BCUT2D eigenvalue weighted by Gasteiger charge is -2.19. The predicted octanol–water partition coefficient (Wildman–Crippen LogP) is 3.68. The highest BCUT2D eigenvalue weighted by Crippen LogP contribution is 2.19. The minimum absolute atomic E-state index is 0.197. The van der Waals surface area contributed by atoms with Crippen LogP contribution in [0.3, 0.4) is 0 Å². The summed E-state index contributed by atoms with van der Waals surface area (Å²) in [5, 5.41) is 0. The van der Waals surface area contributed by atoms with Crippen molar-refractivity contribution in [3.8, 4) is 0 Å². The van der Waals surface area contributed by atoms with Crippen LogP contribution in [-0.4, -0.2) is 18.5 Å². The van der Waals surface area contributed by atoms with Gasteiger partial charge in [-0.15, -0.1) is 0 Å². The summed E-state index contributed by atoms with van der Waals surface area (Å²) in [6, 6.07) is 4.85. The molecule has 0 bridgehead atoms. The van der Waals surface area contributed by atoms with E-state index in [4.69, 9.17) is 0 Å². The molecule has 0 unspecified atom stereocenters. The van der Waals surface area contributed by atoms with Gasteiger partial charge in [-0.1, -0.05) is 35.8 Å². The molecule has 1 aromatic rings. The molecule has 0 saturated heterocycles. The second-order valence-electron chi connectivity index (χ2n) is 4.33. The van der Waals surface area contributed by atoms with Gasteiger partial charge in [0.05, 0.1) is 0 Å². The Morgan fingerprint density at radius 3 is 2.60 bits per heavy atom. The van der Waals surface area contributed by atoms with Gasteiger partial charge in [0.2, 0.25) is 0 Å². The van der Waals surface area contributed by atoms with Crippen LogP contribution in [0.4, 0.5) is 4.39 Å². The third-order valence-corrected chi connectivity index (χ3v) is 2.87. The van der Waals surface area contributed by atoms with Gasteiger partial charge in [-0.3, -0.25) is 0 Å². The number of hydrogen-bond acceptors (Lipinski definition) is 1. The largest absolute Gasteiger partial charge is 0.302 e. The maximum Gasteiger partial charge on any atom is 0.124 e. The number of hydrogen-bond donors (Lipinski definition) is 0. The number of rotatable bonds is 4. The van der Waals surface area contributed by atoms with Crippen LogP contribution in [0.5, 0.6) is 0 Å². The van der Waals surface area contributed by atoms with E-state index in [1.165, 1.54) is 12.1 Å². The Labute approximate surface area is 99.4 Å². The molecular formula is C12H17BrFN. The second-order valence-corrected chi connectivity index (χ2v) is 5.18. The van der Waals surface area contributed by atoms with Gasteiger partial charge in [-0.25, -0.2) is 4.39 Å². The molecule has 0 radical (unpaired) electrons. The van der Waals surface area contributed by atoms with E-state index in [1.54, 1.807) is 0 Å². The maximum absolute atomic E-state index is 12.9. The first-order valence-electron chi connectivity index (χ1n) is 5.11. The predicted molar refractivity (Wildman–Crippen MR) is 65.3 cm³/mol. The third kappa shape index (κ3) is 4.31. The van der Waals surface area contributed by atoms with Crippen molar-refractivity contribution in [1.82, 2.24) is 4.90 Å². The average Bonchev–Trinajstić information content (AvgIpc) is 2.08. The molecule has 0 aromatic heterocycles. The molecule has 0 amide bonds. The zero-order valence-corrected chi connectivity index (χ0v) is 11.0. The minimum Gasteiger partial charge on any atom is -0.302 e. The summed E-state index contributed by atoms with van der Waals surface area (Å²) in [6.45, 7) is 6.27. The molecule has 3 heteroatoms. The molecule has 1 rings (SSSR count). The van der Waals surface area contributed by atoms with Crippen molar-refractivity contribution < 1.29 is 4.39 Å². The van der Waals surface area contributed by atoms with Crippen LogP contribution in [-0.2, 0) is 6.54 Å². The topological polar surface area (TPSA) is 3.24 Å². The zero-order valence-electron chi connectivity index (χ0n) is 9.43. The van der Waals surface area contributed by atoms with Gasteiger partial charge in [0.25, 0.3) is 0 Å². The van der Waals surface area contributed by atoms with E-state index in [9.17, 15) is 4.39 Å². The lowest BCUT2D eigenvalue weighted by molar-refractivity contribution is 0.288. The van der Waals surface area contributed by atoms with Crippen molar-refractivity contribution >= 4 is 15.9 Å². The fourth-order valence-electron chi connectivity index (χ4n) is 1.63. The van der Waals surface area contributed by atoms with E-state index in [-0.39, 0.29) is 5.82 Å². The molecule has 0 N–H and O–H groups in total. The average molecular weight is 274 g/mol. The summed E-state index contributed by atoms with van der Waals surface area (Å²) in [6.07, 6.45) is 0. The fourth-order valence-corrected chi connectivity index (χ4v) is 2.10. The van der Waals surface area contributed by atoms with E-state index in [1.807, 2.05) is 6.07 Å². The molecule has 1 nitrogen and oxygen atoms in total. The van der Waals surface area contributed by atoms with Crippen molar-refractivity contribution in [3.05, 3.63) is 34.1 Å². The lowest BCUT2D eigenvalue weighted by Crippen LogP contribution is -2.22. The van der Waals surface area contributed by atoms with Crippen LogP contribution < -0.4 is 0 Å². The number of benzene rings is 1. The second kappa shape index (κ2) is 5.61. The summed E-state index contributed by atoms with van der Waals surface area (Å²) in [7, 11) is 2.08. The van der Waals surface area contributed by atoms with Gasteiger partial charge in [-0.05, 0) is 30.7 Å². The highest BCUT2D eigenvalue weighted by Gasteiger charge is 2.06. The van der Waals surface area contributed by atoms with Crippen LogP contribution in [0, 0.1) is 11.7 Å². The van der Waals surface area contributed by atoms with E-state index >= 15 is 0 Å². The molecule has 0 aliphatic rings. The first kappa shape index (κ1) is 12.7. The molecule has 0 saturated carbocycles. The van der Waals surface area contributed by atoms with Gasteiger partial charge < -0.3 is 4.90 Å². The van der Waals surface area contributed by atoms with Gasteiger partial charge in [0.15, 0.2) is 0 Å². The van der Waals surface area contributed by atoms with Crippen LogP contribution in [0.25, 0.3) is 0 Å². The van der Waals surface area contributed by atoms with E-state index < -0.39 is 0 Å². The molecular weight excluding hydrogens is 257 g/mol. The molecule has 0 heterocycles. The van der Waals surface area contributed by atoms with E-state index in [0.29, 0.717) is 5.92 Å². The molecule has 0 fully saturated rings. The van der Waals surface area contributed by atoms with Crippen LogP contribution in [0.15, 0.2) is 22.7 Å². The number of halogens is 2. The first-order valence-corrected chi connectivity index (χ1v) is 5.91. The van der Waals surface area contributed by atoms with Gasteiger partial charge in [0, 0.05) is 17.6 Å². The highest BCUT2D eigenvalue weighted by atomic mass is 79.9. The lowest BCUT2D eigenvalue weighted by atomic mass is 10.1. The normalized spacial score (nSPS) is 11.4. The molecule has 1 aromatic carbocycles. The third-order valence-electron chi connectivity index (χ3n) is 2.13. The highest BCUT2D eigenvalue weighted by molar-refractivity contribution is 9.10. The van der Waals surface area contributed by atoms with E-state index in [2.05, 4.69) is 41.7 Å². The molecule has 0 aliphatic heterocycles. The number of nitrogens with zero attached hydrogens (tertiary/aromatic N) is 1. The maximum atomic E-state index is 12.9. The molecule has 0 atom stereocenters. The first-order chi connectivity index (χ1) is 6.99. The Morgan fingerprint density at radius 2 is 2.07 bits per heavy atom. The summed E-state index contributed by atoms with van der Waals surface area (Å²) in [5.74, 6) is 0.450. The smallest absolute Gasteiger partial charge is 0.124 e. The monoisotopic (exact) mass is 273 g/mol. The summed E-state index contributed by atoms with van der Waals surface area (Å²) in [5.41, 5.74) is 1.12. The fraction of sp³-hybridized carbons (Fsp3) is 0.500. The minimum atomic E-state index is -0.197. The van der Waals surface area contributed by atoms with Crippen molar-refractivity contribution in [2.75, 3.05) is 13.6 Å². The Kier molecular flexibility index (Phi) is 4.74. The Morgan fingerprint density at radius 1 is 1.40 bits per heavy atom. The van der Waals surface area contributed by atoms with Gasteiger partial charge in [-0.2, -0.15) is 0 Å². The summed E-state index contributed by atoms with van der Waals surface area (Å²) < 4.78 is 13.7.